The van der Waals surface area contributed by atoms with Gasteiger partial charge in [-0.3, -0.25) is 9.59 Å². The van der Waals surface area contributed by atoms with Crippen molar-refractivity contribution in [1.82, 2.24) is 9.03 Å². The Morgan fingerprint density at radius 1 is 1.00 bits per heavy atom. The standard InChI is InChI=1S/C26H21ClN4O5S2/c27-20-7-1-19(2-8-20)16-36-22-11-5-17(6-12-22)13-23-25(33)29-26(37-23)28-21-9-3-18(4-10-21)14-31-15-24(32)30-38(31,34)35/h1-13H,14-16H2,(H,30,32)(H,28,29,33). The normalized spacial score (nSPS) is 17.9. The Morgan fingerprint density at radius 3 is 2.34 bits per heavy atom. The number of amidine groups is 1. The Balaban J connectivity index is 1.15. The molecule has 0 aliphatic carbocycles. The summed E-state index contributed by atoms with van der Waals surface area (Å²) in [5.41, 5.74) is 3.25. The van der Waals surface area contributed by atoms with Crippen LogP contribution >= 0.6 is 23.4 Å². The molecule has 2 heterocycles. The first-order valence-corrected chi connectivity index (χ1v) is 14.0. The Kier molecular flexibility index (Phi) is 7.52. The summed E-state index contributed by atoms with van der Waals surface area (Å²) >= 11 is 7.13. The van der Waals surface area contributed by atoms with E-state index in [1.807, 2.05) is 53.3 Å². The highest BCUT2D eigenvalue weighted by Crippen LogP contribution is 2.30. The van der Waals surface area contributed by atoms with Gasteiger partial charge in [-0.05, 0) is 70.9 Å². The van der Waals surface area contributed by atoms with Gasteiger partial charge in [-0.1, -0.05) is 48.0 Å². The smallest absolute Gasteiger partial charge is 0.304 e. The molecule has 9 nitrogen and oxygen atoms in total. The number of hydrogen-bond donors (Lipinski definition) is 2. The fourth-order valence-corrected chi connectivity index (χ4v) is 5.72. The third kappa shape index (κ3) is 6.43. The molecule has 2 amide bonds. The maximum absolute atomic E-state index is 12.4. The zero-order valence-corrected chi connectivity index (χ0v) is 22.1. The van der Waals surface area contributed by atoms with Gasteiger partial charge < -0.3 is 10.1 Å². The topological polar surface area (TPSA) is 117 Å². The van der Waals surface area contributed by atoms with Crippen LogP contribution in [0.2, 0.25) is 5.02 Å². The summed E-state index contributed by atoms with van der Waals surface area (Å²) in [5.74, 6) is -0.181. The highest BCUT2D eigenvalue weighted by atomic mass is 35.5. The van der Waals surface area contributed by atoms with Crippen molar-refractivity contribution in [2.24, 2.45) is 4.99 Å². The van der Waals surface area contributed by atoms with Crippen molar-refractivity contribution in [3.8, 4) is 5.75 Å². The van der Waals surface area contributed by atoms with Crippen molar-refractivity contribution in [3.63, 3.8) is 0 Å². The number of anilines is 1. The predicted molar refractivity (Wildman–Crippen MR) is 148 cm³/mol. The van der Waals surface area contributed by atoms with Crippen LogP contribution in [0, 0.1) is 0 Å². The van der Waals surface area contributed by atoms with Crippen molar-refractivity contribution in [2.75, 3.05) is 11.9 Å². The molecule has 0 unspecified atom stereocenters. The number of amides is 2. The number of nitrogens with zero attached hydrogens (tertiary/aromatic N) is 2. The lowest BCUT2D eigenvalue weighted by Crippen LogP contribution is -2.29. The lowest BCUT2D eigenvalue weighted by atomic mass is 10.2. The van der Waals surface area contributed by atoms with Crippen molar-refractivity contribution in [1.29, 1.82) is 0 Å². The fourth-order valence-electron chi connectivity index (χ4n) is 3.67. The molecule has 2 N–H and O–H groups in total. The van der Waals surface area contributed by atoms with Gasteiger partial charge in [-0.2, -0.15) is 17.7 Å². The minimum absolute atomic E-state index is 0.0768. The number of thioether (sulfide) groups is 1. The zero-order chi connectivity index (χ0) is 26.7. The van der Waals surface area contributed by atoms with Gasteiger partial charge in [0, 0.05) is 17.3 Å². The van der Waals surface area contributed by atoms with E-state index in [4.69, 9.17) is 16.3 Å². The maximum Gasteiger partial charge on any atom is 0.304 e. The fraction of sp³-hybridized carbons (Fsp3) is 0.115. The second-order valence-corrected chi connectivity index (χ2v) is 11.6. The highest BCUT2D eigenvalue weighted by Gasteiger charge is 2.33. The summed E-state index contributed by atoms with van der Waals surface area (Å²) in [5, 5.41) is 4.22. The summed E-state index contributed by atoms with van der Waals surface area (Å²) in [6.07, 6.45) is 1.77. The van der Waals surface area contributed by atoms with E-state index in [1.54, 1.807) is 30.3 Å². The van der Waals surface area contributed by atoms with Crippen LogP contribution in [0.4, 0.5) is 5.69 Å². The van der Waals surface area contributed by atoms with E-state index < -0.39 is 16.1 Å². The van der Waals surface area contributed by atoms with Crippen LogP contribution in [-0.2, 0) is 33.0 Å². The Morgan fingerprint density at radius 2 is 1.68 bits per heavy atom. The molecule has 194 valence electrons. The van der Waals surface area contributed by atoms with Crippen LogP contribution in [0.15, 0.2) is 82.7 Å². The molecule has 0 bridgehead atoms. The van der Waals surface area contributed by atoms with E-state index in [-0.39, 0.29) is 19.0 Å². The van der Waals surface area contributed by atoms with E-state index in [9.17, 15) is 18.0 Å². The molecule has 2 aliphatic rings. The van der Waals surface area contributed by atoms with Gasteiger partial charge in [0.05, 0.1) is 11.4 Å². The molecule has 2 aliphatic heterocycles. The molecule has 12 heteroatoms. The number of ether oxygens (including phenoxy) is 1. The van der Waals surface area contributed by atoms with Crippen LogP contribution in [-0.4, -0.2) is 36.2 Å². The summed E-state index contributed by atoms with van der Waals surface area (Å²) in [6, 6.07) is 21.9. The molecule has 5 rings (SSSR count). The number of benzene rings is 3. The molecule has 0 atom stereocenters. The number of carbonyl (C=O) groups excluding carboxylic acids is 2. The second kappa shape index (κ2) is 11.0. The molecular weight excluding hydrogens is 548 g/mol. The van der Waals surface area contributed by atoms with Gasteiger partial charge in [-0.15, -0.1) is 0 Å². The molecule has 1 fully saturated rings. The third-order valence-corrected chi connectivity index (χ3v) is 8.16. The summed E-state index contributed by atoms with van der Waals surface area (Å²) in [4.78, 5) is 28.4. The van der Waals surface area contributed by atoms with Crippen LogP contribution in [0.25, 0.3) is 6.08 Å². The molecule has 1 saturated heterocycles. The number of rotatable bonds is 7. The number of hydrogen-bond acceptors (Lipinski definition) is 7. The average molecular weight is 569 g/mol. The van der Waals surface area contributed by atoms with Crippen molar-refractivity contribution in [3.05, 3.63) is 99.4 Å². The van der Waals surface area contributed by atoms with Crippen LogP contribution in [0.5, 0.6) is 5.75 Å². The Bertz CT molecular complexity index is 1540. The van der Waals surface area contributed by atoms with E-state index in [2.05, 4.69) is 10.3 Å². The Hall–Kier alpha value is -3.64. The lowest BCUT2D eigenvalue weighted by molar-refractivity contribution is -0.118. The number of nitrogens with one attached hydrogen (secondary N) is 2. The maximum atomic E-state index is 12.4. The molecule has 0 radical (unpaired) electrons. The van der Waals surface area contributed by atoms with Gasteiger partial charge >= 0.3 is 10.2 Å². The first-order chi connectivity index (χ1) is 18.2. The molecule has 3 aromatic carbocycles. The highest BCUT2D eigenvalue weighted by molar-refractivity contribution is 8.18. The molecule has 38 heavy (non-hydrogen) atoms. The molecule has 0 spiro atoms. The van der Waals surface area contributed by atoms with Crippen molar-refractivity contribution in [2.45, 2.75) is 13.2 Å². The SMILES string of the molecule is O=C1CN(Cc2ccc(NC3=NC(=O)C(=Cc4ccc(OCc5ccc(Cl)cc5)cc4)S3)cc2)S(=O)(=O)N1. The van der Waals surface area contributed by atoms with Crippen molar-refractivity contribution >= 4 is 62.3 Å². The minimum atomic E-state index is -3.78. The average Bonchev–Trinajstić information content (AvgIpc) is 3.36. The summed E-state index contributed by atoms with van der Waals surface area (Å²) in [7, 11) is -3.78. The van der Waals surface area contributed by atoms with Crippen LogP contribution < -0.4 is 14.8 Å². The number of aliphatic imine (C=N–C) groups is 1. The Labute approximate surface area is 228 Å². The van der Waals surface area contributed by atoms with Gasteiger partial charge in [0.1, 0.15) is 12.4 Å². The van der Waals surface area contributed by atoms with Crippen LogP contribution in [0.1, 0.15) is 16.7 Å². The minimum Gasteiger partial charge on any atom is -0.489 e. The monoisotopic (exact) mass is 568 g/mol. The number of halogens is 1. The summed E-state index contributed by atoms with van der Waals surface area (Å²) < 4.78 is 32.6. The molecule has 0 aromatic heterocycles. The van der Waals surface area contributed by atoms with Gasteiger partial charge in [0.25, 0.3) is 5.91 Å². The first-order valence-electron chi connectivity index (χ1n) is 11.4. The van der Waals surface area contributed by atoms with Gasteiger partial charge in [-0.25, -0.2) is 4.72 Å². The zero-order valence-electron chi connectivity index (χ0n) is 19.8. The number of carbonyl (C=O) groups is 2. The molecular formula is C26H21ClN4O5S2. The lowest BCUT2D eigenvalue weighted by Gasteiger charge is -2.12. The van der Waals surface area contributed by atoms with Crippen LogP contribution in [0.3, 0.4) is 0 Å². The van der Waals surface area contributed by atoms with E-state index >= 15 is 0 Å². The quantitative estimate of drug-likeness (QED) is 0.411. The molecule has 0 saturated carbocycles. The largest absolute Gasteiger partial charge is 0.489 e. The summed E-state index contributed by atoms with van der Waals surface area (Å²) in [6.45, 7) is 0.295. The molecule has 3 aromatic rings. The van der Waals surface area contributed by atoms with Gasteiger partial charge in [0.2, 0.25) is 5.91 Å². The predicted octanol–water partition coefficient (Wildman–Crippen LogP) is 4.18. The first kappa shape index (κ1) is 26.0. The van der Waals surface area contributed by atoms with E-state index in [0.717, 1.165) is 15.4 Å². The van der Waals surface area contributed by atoms with Crippen molar-refractivity contribution < 1.29 is 22.7 Å². The second-order valence-electron chi connectivity index (χ2n) is 8.44. The third-order valence-electron chi connectivity index (χ3n) is 5.58. The van der Waals surface area contributed by atoms with Gasteiger partial charge in [0.15, 0.2) is 5.17 Å². The van der Waals surface area contributed by atoms with E-state index in [1.165, 1.54) is 11.8 Å². The van der Waals surface area contributed by atoms with E-state index in [0.29, 0.717) is 38.7 Å².